The predicted molar refractivity (Wildman–Crippen MR) is 119 cm³/mol. The molecular weight excluding hydrogens is 430 g/mol. The summed E-state index contributed by atoms with van der Waals surface area (Å²) in [5.41, 5.74) is 3.10. The quantitative estimate of drug-likeness (QED) is 0.640. The smallest absolute Gasteiger partial charge is 0.239 e. The summed E-state index contributed by atoms with van der Waals surface area (Å²) in [6.07, 6.45) is 0.537. The van der Waals surface area contributed by atoms with E-state index < -0.39 is 5.92 Å². The van der Waals surface area contributed by atoms with E-state index in [4.69, 9.17) is 0 Å². The Morgan fingerprint density at radius 2 is 1.93 bits per heavy atom. The molecule has 0 bridgehead atoms. The van der Waals surface area contributed by atoms with Gasteiger partial charge in [-0.05, 0) is 56.6 Å². The summed E-state index contributed by atoms with van der Waals surface area (Å²) in [6.45, 7) is 6.13. The number of carbonyl (C=O) groups excluding carboxylic acids is 2. The number of hydrogen-bond donors (Lipinski definition) is 1. The zero-order valence-corrected chi connectivity index (χ0v) is 18.8. The molecular formula is C23H28BrN3O2. The molecule has 1 atom stereocenters. The Morgan fingerprint density at radius 1 is 1.21 bits per heavy atom. The number of nitrogens with one attached hydrogen (secondary N) is 1. The van der Waals surface area contributed by atoms with Gasteiger partial charge in [0, 0.05) is 35.8 Å². The largest absolute Gasteiger partial charge is 0.351 e. The molecule has 1 aliphatic rings. The Balaban J connectivity index is 1.63. The Morgan fingerprint density at radius 3 is 2.62 bits per heavy atom. The van der Waals surface area contributed by atoms with Crippen molar-refractivity contribution in [3.8, 4) is 0 Å². The van der Waals surface area contributed by atoms with Crippen molar-refractivity contribution in [1.29, 1.82) is 0 Å². The van der Waals surface area contributed by atoms with Crippen molar-refractivity contribution < 1.29 is 9.59 Å². The van der Waals surface area contributed by atoms with Crippen molar-refractivity contribution >= 4 is 33.4 Å². The minimum Gasteiger partial charge on any atom is -0.351 e. The molecule has 1 saturated heterocycles. The van der Waals surface area contributed by atoms with Gasteiger partial charge in [-0.3, -0.25) is 14.5 Å². The molecule has 0 spiro atoms. The Labute approximate surface area is 181 Å². The van der Waals surface area contributed by atoms with Gasteiger partial charge in [0.15, 0.2) is 0 Å². The van der Waals surface area contributed by atoms with Crippen LogP contribution in [0.5, 0.6) is 0 Å². The highest BCUT2D eigenvalue weighted by atomic mass is 79.9. The topological polar surface area (TPSA) is 52.7 Å². The Kier molecular flexibility index (Phi) is 7.09. The summed E-state index contributed by atoms with van der Waals surface area (Å²) in [6, 6.07) is 16.2. The SMILES string of the molecule is CC(C)N(C)Cc1ccccc1CNC(=O)C1CCN(c2cccc(Br)c2)C1=O. The lowest BCUT2D eigenvalue weighted by Gasteiger charge is -2.22. The lowest BCUT2D eigenvalue weighted by atomic mass is 10.0. The highest BCUT2D eigenvalue weighted by Crippen LogP contribution is 2.27. The first-order chi connectivity index (χ1) is 13.9. The van der Waals surface area contributed by atoms with Gasteiger partial charge in [0.25, 0.3) is 0 Å². The molecule has 0 radical (unpaired) electrons. The fourth-order valence-corrected chi connectivity index (χ4v) is 3.85. The molecule has 1 fully saturated rings. The van der Waals surface area contributed by atoms with E-state index in [1.165, 1.54) is 5.56 Å². The van der Waals surface area contributed by atoms with E-state index in [-0.39, 0.29) is 11.8 Å². The van der Waals surface area contributed by atoms with Crippen LogP contribution in [0.2, 0.25) is 0 Å². The number of hydrogen-bond acceptors (Lipinski definition) is 3. The van der Waals surface area contributed by atoms with Gasteiger partial charge in [0.2, 0.25) is 11.8 Å². The number of nitrogens with zero attached hydrogens (tertiary/aromatic N) is 2. The molecule has 154 valence electrons. The highest BCUT2D eigenvalue weighted by molar-refractivity contribution is 9.10. The van der Waals surface area contributed by atoms with E-state index in [1.54, 1.807) is 4.90 Å². The van der Waals surface area contributed by atoms with Crippen molar-refractivity contribution in [1.82, 2.24) is 10.2 Å². The molecule has 29 heavy (non-hydrogen) atoms. The molecule has 0 aliphatic carbocycles. The highest BCUT2D eigenvalue weighted by Gasteiger charge is 2.37. The van der Waals surface area contributed by atoms with Gasteiger partial charge in [-0.1, -0.05) is 46.3 Å². The minimum atomic E-state index is -0.625. The second-order valence-electron chi connectivity index (χ2n) is 7.81. The van der Waals surface area contributed by atoms with Crippen LogP contribution in [0.4, 0.5) is 5.69 Å². The van der Waals surface area contributed by atoms with Crippen LogP contribution >= 0.6 is 15.9 Å². The molecule has 1 heterocycles. The van der Waals surface area contributed by atoms with Gasteiger partial charge in [-0.2, -0.15) is 0 Å². The van der Waals surface area contributed by atoms with Crippen LogP contribution in [0.25, 0.3) is 0 Å². The molecule has 2 aromatic rings. The summed E-state index contributed by atoms with van der Waals surface area (Å²) in [5.74, 6) is -0.951. The van der Waals surface area contributed by atoms with Gasteiger partial charge in [-0.15, -0.1) is 0 Å². The third-order valence-electron chi connectivity index (χ3n) is 5.51. The first-order valence-corrected chi connectivity index (χ1v) is 10.8. The monoisotopic (exact) mass is 457 g/mol. The fraction of sp³-hybridized carbons (Fsp3) is 0.391. The van der Waals surface area contributed by atoms with Crippen LogP contribution in [0.1, 0.15) is 31.4 Å². The first-order valence-electron chi connectivity index (χ1n) is 9.98. The molecule has 2 amide bonds. The zero-order chi connectivity index (χ0) is 21.0. The number of anilines is 1. The number of amides is 2. The van der Waals surface area contributed by atoms with Crippen LogP contribution in [-0.2, 0) is 22.7 Å². The van der Waals surface area contributed by atoms with E-state index in [0.29, 0.717) is 25.6 Å². The maximum Gasteiger partial charge on any atom is 0.239 e. The van der Waals surface area contributed by atoms with Crippen LogP contribution in [0.3, 0.4) is 0 Å². The summed E-state index contributed by atoms with van der Waals surface area (Å²) >= 11 is 3.44. The number of rotatable bonds is 7. The Hall–Kier alpha value is -2.18. The van der Waals surface area contributed by atoms with Crippen molar-refractivity contribution in [3.63, 3.8) is 0 Å². The molecule has 2 aromatic carbocycles. The van der Waals surface area contributed by atoms with E-state index in [1.807, 2.05) is 42.5 Å². The van der Waals surface area contributed by atoms with E-state index in [9.17, 15) is 9.59 Å². The van der Waals surface area contributed by atoms with E-state index >= 15 is 0 Å². The standard InChI is InChI=1S/C23H28BrN3O2/c1-16(2)26(3)15-18-8-5-4-7-17(18)14-25-22(28)21-11-12-27(23(21)29)20-10-6-9-19(24)13-20/h4-10,13,16,21H,11-12,14-15H2,1-3H3,(H,25,28). The fourth-order valence-electron chi connectivity index (χ4n) is 3.46. The second kappa shape index (κ2) is 9.55. The first kappa shape index (κ1) is 21.5. The molecule has 1 N–H and O–H groups in total. The minimum absolute atomic E-state index is 0.131. The van der Waals surface area contributed by atoms with Crippen molar-refractivity contribution in [3.05, 3.63) is 64.1 Å². The van der Waals surface area contributed by atoms with Gasteiger partial charge >= 0.3 is 0 Å². The lowest BCUT2D eigenvalue weighted by molar-refractivity contribution is -0.132. The van der Waals surface area contributed by atoms with Crippen LogP contribution in [-0.4, -0.2) is 36.3 Å². The maximum absolute atomic E-state index is 12.8. The van der Waals surface area contributed by atoms with Gasteiger partial charge in [-0.25, -0.2) is 0 Å². The lowest BCUT2D eigenvalue weighted by Crippen LogP contribution is -2.36. The summed E-state index contributed by atoms with van der Waals surface area (Å²) in [7, 11) is 2.09. The molecule has 0 aromatic heterocycles. The predicted octanol–water partition coefficient (Wildman–Crippen LogP) is 3.96. The van der Waals surface area contributed by atoms with Crippen LogP contribution < -0.4 is 10.2 Å². The number of benzene rings is 2. The maximum atomic E-state index is 12.8. The van der Waals surface area contributed by atoms with E-state index in [0.717, 1.165) is 22.3 Å². The van der Waals surface area contributed by atoms with Crippen molar-refractivity contribution in [2.24, 2.45) is 5.92 Å². The molecule has 1 unspecified atom stereocenters. The Bertz CT molecular complexity index is 884. The van der Waals surface area contributed by atoms with Crippen molar-refractivity contribution in [2.45, 2.75) is 39.4 Å². The normalized spacial score (nSPS) is 16.7. The van der Waals surface area contributed by atoms with Gasteiger partial charge < -0.3 is 10.2 Å². The zero-order valence-electron chi connectivity index (χ0n) is 17.2. The number of carbonyl (C=O) groups is 2. The molecule has 5 nitrogen and oxygen atoms in total. The van der Waals surface area contributed by atoms with Crippen LogP contribution in [0.15, 0.2) is 53.0 Å². The van der Waals surface area contributed by atoms with Crippen molar-refractivity contribution in [2.75, 3.05) is 18.5 Å². The summed E-state index contributed by atoms with van der Waals surface area (Å²) in [4.78, 5) is 29.5. The average molecular weight is 458 g/mol. The number of halogens is 1. The van der Waals surface area contributed by atoms with Gasteiger partial charge in [0.1, 0.15) is 5.92 Å². The summed E-state index contributed by atoms with van der Waals surface area (Å²) in [5, 5.41) is 2.98. The van der Waals surface area contributed by atoms with Crippen LogP contribution in [0, 0.1) is 5.92 Å². The molecule has 6 heteroatoms. The molecule has 3 rings (SSSR count). The third-order valence-corrected chi connectivity index (χ3v) is 6.01. The van der Waals surface area contributed by atoms with Gasteiger partial charge in [0.05, 0.1) is 0 Å². The van der Waals surface area contributed by atoms with E-state index in [2.05, 4.69) is 53.1 Å². The summed E-state index contributed by atoms with van der Waals surface area (Å²) < 4.78 is 0.915. The molecule has 1 aliphatic heterocycles. The molecule has 0 saturated carbocycles. The average Bonchev–Trinajstić information content (AvgIpc) is 3.08. The third kappa shape index (κ3) is 5.25. The second-order valence-corrected chi connectivity index (χ2v) is 8.72.